The van der Waals surface area contributed by atoms with Gasteiger partial charge in [-0.3, -0.25) is 9.59 Å². The Morgan fingerprint density at radius 1 is 1.41 bits per heavy atom. The maximum atomic E-state index is 14.4. The van der Waals surface area contributed by atoms with Gasteiger partial charge in [0, 0.05) is 30.1 Å². The SMILES string of the molecule is CSc1nc(C)c(CCC(=O)O[C@@H](C)c2ccc(-n3cccn3)c(F)c2)c(=O)[nH]1. The largest absolute Gasteiger partial charge is 0.458 e. The summed E-state index contributed by atoms with van der Waals surface area (Å²) in [5.41, 5.74) is 1.65. The Labute approximate surface area is 171 Å². The van der Waals surface area contributed by atoms with Gasteiger partial charge < -0.3 is 9.72 Å². The van der Waals surface area contributed by atoms with Crippen molar-refractivity contribution in [2.24, 2.45) is 0 Å². The monoisotopic (exact) mass is 416 g/mol. The number of carbonyl (C=O) groups excluding carboxylic acids is 1. The van der Waals surface area contributed by atoms with Gasteiger partial charge in [-0.2, -0.15) is 5.10 Å². The molecule has 0 radical (unpaired) electrons. The van der Waals surface area contributed by atoms with Gasteiger partial charge in [-0.25, -0.2) is 14.1 Å². The lowest BCUT2D eigenvalue weighted by Gasteiger charge is -2.15. The lowest BCUT2D eigenvalue weighted by molar-refractivity contribution is -0.148. The third-order valence-electron chi connectivity index (χ3n) is 4.47. The number of aryl methyl sites for hydroxylation is 1. The van der Waals surface area contributed by atoms with Crippen LogP contribution in [0.1, 0.15) is 36.3 Å². The Balaban J connectivity index is 1.62. The number of ether oxygens (including phenoxy) is 1. The Bertz CT molecular complexity index is 1070. The van der Waals surface area contributed by atoms with Crippen LogP contribution in [0.25, 0.3) is 5.69 Å². The summed E-state index contributed by atoms with van der Waals surface area (Å²) in [7, 11) is 0. The molecule has 29 heavy (non-hydrogen) atoms. The third kappa shape index (κ3) is 4.92. The molecular weight excluding hydrogens is 395 g/mol. The molecule has 0 fully saturated rings. The number of benzene rings is 1. The fourth-order valence-corrected chi connectivity index (χ4v) is 3.32. The molecule has 0 spiro atoms. The van der Waals surface area contributed by atoms with E-state index in [1.807, 2.05) is 6.26 Å². The first kappa shape index (κ1) is 20.8. The standard InChI is InChI=1S/C20H21FN4O3S/c1-12-15(19(27)24-20(23-12)29-3)6-8-18(26)28-13(2)14-5-7-17(16(21)11-14)25-10-4-9-22-25/h4-5,7,9-11,13H,6,8H2,1-3H3,(H,23,24,27)/t13-/m0/s1. The molecule has 3 rings (SSSR count). The van der Waals surface area contributed by atoms with Crippen molar-refractivity contribution in [3.63, 3.8) is 0 Å². The van der Waals surface area contributed by atoms with E-state index < -0.39 is 17.9 Å². The fourth-order valence-electron chi connectivity index (χ4n) is 2.90. The quantitative estimate of drug-likeness (QED) is 0.361. The second-order valence-electron chi connectivity index (χ2n) is 6.43. The van der Waals surface area contributed by atoms with E-state index in [1.165, 1.54) is 22.5 Å². The van der Waals surface area contributed by atoms with E-state index in [0.717, 1.165) is 0 Å². The second kappa shape index (κ2) is 9.04. The van der Waals surface area contributed by atoms with Crippen molar-refractivity contribution >= 4 is 17.7 Å². The van der Waals surface area contributed by atoms with Crippen LogP contribution in [0, 0.1) is 12.7 Å². The number of carbonyl (C=O) groups is 1. The summed E-state index contributed by atoms with van der Waals surface area (Å²) in [6, 6.07) is 6.31. The van der Waals surface area contributed by atoms with E-state index in [-0.39, 0.29) is 18.4 Å². The summed E-state index contributed by atoms with van der Waals surface area (Å²) >= 11 is 1.34. The number of aromatic amines is 1. The molecule has 0 aliphatic carbocycles. The summed E-state index contributed by atoms with van der Waals surface area (Å²) in [5.74, 6) is -0.932. The van der Waals surface area contributed by atoms with Crippen molar-refractivity contribution in [2.45, 2.75) is 37.9 Å². The van der Waals surface area contributed by atoms with Crippen LogP contribution in [0.15, 0.2) is 46.6 Å². The maximum Gasteiger partial charge on any atom is 0.306 e. The molecule has 0 bridgehead atoms. The number of hydrogen-bond donors (Lipinski definition) is 1. The van der Waals surface area contributed by atoms with Crippen molar-refractivity contribution in [3.8, 4) is 5.69 Å². The molecule has 2 heterocycles. The highest BCUT2D eigenvalue weighted by Crippen LogP contribution is 2.22. The van der Waals surface area contributed by atoms with Crippen LogP contribution in [0.4, 0.5) is 4.39 Å². The van der Waals surface area contributed by atoms with E-state index in [2.05, 4.69) is 15.1 Å². The summed E-state index contributed by atoms with van der Waals surface area (Å²) in [6.45, 7) is 3.41. The van der Waals surface area contributed by atoms with Gasteiger partial charge in [0.2, 0.25) is 0 Å². The first-order valence-electron chi connectivity index (χ1n) is 9.01. The van der Waals surface area contributed by atoms with Crippen LogP contribution >= 0.6 is 11.8 Å². The van der Waals surface area contributed by atoms with Gasteiger partial charge in [0.1, 0.15) is 17.6 Å². The number of aromatic nitrogens is 4. The summed E-state index contributed by atoms with van der Waals surface area (Å²) < 4.78 is 21.2. The van der Waals surface area contributed by atoms with E-state index in [4.69, 9.17) is 4.74 Å². The minimum absolute atomic E-state index is 0.0302. The van der Waals surface area contributed by atoms with Gasteiger partial charge >= 0.3 is 5.97 Å². The lowest BCUT2D eigenvalue weighted by Crippen LogP contribution is -2.19. The van der Waals surface area contributed by atoms with Crippen molar-refractivity contribution in [2.75, 3.05) is 6.26 Å². The first-order chi connectivity index (χ1) is 13.9. The molecule has 0 unspecified atom stereocenters. The van der Waals surface area contributed by atoms with Gasteiger partial charge in [-0.15, -0.1) is 0 Å². The number of thioether (sulfide) groups is 1. The average Bonchev–Trinajstić information content (AvgIpc) is 3.21. The van der Waals surface area contributed by atoms with E-state index in [1.54, 1.807) is 44.4 Å². The van der Waals surface area contributed by atoms with Gasteiger partial charge in [0.15, 0.2) is 5.16 Å². The van der Waals surface area contributed by atoms with Gasteiger partial charge in [-0.05, 0) is 50.3 Å². The van der Waals surface area contributed by atoms with Crippen LogP contribution in [0.5, 0.6) is 0 Å². The predicted molar refractivity (Wildman–Crippen MR) is 108 cm³/mol. The van der Waals surface area contributed by atoms with Crippen LogP contribution in [-0.4, -0.2) is 32.0 Å². The Morgan fingerprint density at radius 2 is 2.21 bits per heavy atom. The van der Waals surface area contributed by atoms with Crippen LogP contribution < -0.4 is 5.56 Å². The smallest absolute Gasteiger partial charge is 0.306 e. The van der Waals surface area contributed by atoms with Crippen LogP contribution in [-0.2, 0) is 16.0 Å². The highest BCUT2D eigenvalue weighted by molar-refractivity contribution is 7.98. The molecule has 7 nitrogen and oxygen atoms in total. The molecule has 1 aromatic carbocycles. The molecule has 0 saturated carbocycles. The molecule has 1 N–H and O–H groups in total. The Kier molecular flexibility index (Phi) is 6.48. The molecule has 0 saturated heterocycles. The van der Waals surface area contributed by atoms with E-state index in [0.29, 0.717) is 27.7 Å². The Hall–Kier alpha value is -2.94. The molecule has 0 aliphatic rings. The number of hydrogen-bond acceptors (Lipinski definition) is 6. The van der Waals surface area contributed by atoms with Gasteiger partial charge in [0.05, 0.1) is 0 Å². The zero-order valence-corrected chi connectivity index (χ0v) is 17.1. The molecule has 3 aromatic rings. The van der Waals surface area contributed by atoms with Crippen molar-refractivity contribution in [1.82, 2.24) is 19.7 Å². The normalized spacial score (nSPS) is 12.0. The molecule has 0 aliphatic heterocycles. The number of esters is 1. The topological polar surface area (TPSA) is 89.9 Å². The zero-order valence-electron chi connectivity index (χ0n) is 16.3. The second-order valence-corrected chi connectivity index (χ2v) is 7.23. The minimum atomic E-state index is -0.625. The molecule has 152 valence electrons. The van der Waals surface area contributed by atoms with E-state index in [9.17, 15) is 14.0 Å². The maximum absolute atomic E-state index is 14.4. The van der Waals surface area contributed by atoms with E-state index >= 15 is 0 Å². The Morgan fingerprint density at radius 3 is 2.83 bits per heavy atom. The highest BCUT2D eigenvalue weighted by Gasteiger charge is 2.16. The minimum Gasteiger partial charge on any atom is -0.458 e. The average molecular weight is 416 g/mol. The number of nitrogens with one attached hydrogen (secondary N) is 1. The first-order valence-corrected chi connectivity index (χ1v) is 10.2. The van der Waals surface area contributed by atoms with Crippen molar-refractivity contribution in [3.05, 3.63) is 69.7 Å². The molecule has 2 aromatic heterocycles. The highest BCUT2D eigenvalue weighted by atomic mass is 32.2. The van der Waals surface area contributed by atoms with Gasteiger partial charge in [0.25, 0.3) is 5.56 Å². The lowest BCUT2D eigenvalue weighted by atomic mass is 10.1. The van der Waals surface area contributed by atoms with Crippen molar-refractivity contribution < 1.29 is 13.9 Å². The molecule has 0 amide bonds. The van der Waals surface area contributed by atoms with Gasteiger partial charge in [-0.1, -0.05) is 17.8 Å². The molecule has 1 atom stereocenters. The summed E-state index contributed by atoms with van der Waals surface area (Å²) in [6.07, 6.45) is 4.66. The number of rotatable bonds is 7. The number of nitrogens with zero attached hydrogens (tertiary/aromatic N) is 3. The number of H-pyrrole nitrogens is 1. The summed E-state index contributed by atoms with van der Waals surface area (Å²) in [4.78, 5) is 31.3. The predicted octanol–water partition coefficient (Wildman–Crippen LogP) is 3.36. The summed E-state index contributed by atoms with van der Waals surface area (Å²) in [5, 5.41) is 4.54. The zero-order chi connectivity index (χ0) is 21.0. The molecular formula is C20H21FN4O3S. The number of halogens is 1. The van der Waals surface area contributed by atoms with Crippen LogP contribution in [0.2, 0.25) is 0 Å². The molecule has 9 heteroatoms. The van der Waals surface area contributed by atoms with Crippen molar-refractivity contribution in [1.29, 1.82) is 0 Å². The third-order valence-corrected chi connectivity index (χ3v) is 5.05. The van der Waals surface area contributed by atoms with Crippen LogP contribution in [0.3, 0.4) is 0 Å². The fraction of sp³-hybridized carbons (Fsp3) is 0.300.